The standard InChI is InChI=1S/C24H25N5O/c1-16-3-5-20-6-4-19(18-7-9-25-10-8-18)15-28(20)24(30)12-22(16)23-11-21-13-26-17(2)14-29(21)27-23/h4-7,11-16,25H,3,8-10H2,1-2H3. The second kappa shape index (κ2) is 7.54. The van der Waals surface area contributed by atoms with Gasteiger partial charge in [0.05, 0.1) is 29.3 Å². The average Bonchev–Trinajstić information content (AvgIpc) is 3.18. The van der Waals surface area contributed by atoms with Gasteiger partial charge in [-0.2, -0.15) is 5.10 Å². The van der Waals surface area contributed by atoms with Crippen molar-refractivity contribution in [2.75, 3.05) is 13.1 Å². The third-order valence-electron chi connectivity index (χ3n) is 5.91. The summed E-state index contributed by atoms with van der Waals surface area (Å²) in [6.07, 6.45) is 17.8. The number of aromatic nitrogens is 3. The number of aryl methyl sites for hydroxylation is 1. The van der Waals surface area contributed by atoms with Gasteiger partial charge in [-0.25, -0.2) is 4.52 Å². The van der Waals surface area contributed by atoms with Crippen LogP contribution in [-0.2, 0) is 4.79 Å². The third kappa shape index (κ3) is 3.44. The fraction of sp³-hybridized carbons (Fsp3) is 0.292. The molecule has 1 N–H and O–H groups in total. The van der Waals surface area contributed by atoms with E-state index in [1.165, 1.54) is 5.57 Å². The number of hydrogen-bond acceptors (Lipinski definition) is 4. The molecule has 0 aromatic carbocycles. The molecule has 30 heavy (non-hydrogen) atoms. The SMILES string of the molecule is Cc1cn2nc(C3=CC(=O)N4C=C(C5=CCNCC5)C=CC4=CCC3C)cc2cn1. The highest BCUT2D eigenvalue weighted by atomic mass is 16.2. The van der Waals surface area contributed by atoms with E-state index in [0.717, 1.165) is 59.7 Å². The zero-order valence-electron chi connectivity index (χ0n) is 17.3. The van der Waals surface area contributed by atoms with Crippen molar-refractivity contribution in [1.29, 1.82) is 0 Å². The monoisotopic (exact) mass is 399 g/mol. The number of allylic oxidation sites excluding steroid dienone is 5. The van der Waals surface area contributed by atoms with Gasteiger partial charge in [0.25, 0.3) is 5.91 Å². The average molecular weight is 399 g/mol. The molecule has 152 valence electrons. The molecule has 1 atom stereocenters. The van der Waals surface area contributed by atoms with E-state index in [1.54, 1.807) is 11.0 Å². The Balaban J connectivity index is 1.51. The molecule has 6 heteroatoms. The van der Waals surface area contributed by atoms with Crippen LogP contribution in [0.1, 0.15) is 31.2 Å². The van der Waals surface area contributed by atoms with Crippen LogP contribution in [0.15, 0.2) is 71.9 Å². The van der Waals surface area contributed by atoms with E-state index in [-0.39, 0.29) is 11.8 Å². The molecule has 0 saturated heterocycles. The van der Waals surface area contributed by atoms with Crippen LogP contribution >= 0.6 is 0 Å². The van der Waals surface area contributed by atoms with E-state index in [2.05, 4.69) is 41.5 Å². The predicted octanol–water partition coefficient (Wildman–Crippen LogP) is 3.55. The van der Waals surface area contributed by atoms with Gasteiger partial charge in [0.2, 0.25) is 0 Å². The summed E-state index contributed by atoms with van der Waals surface area (Å²) >= 11 is 0. The Morgan fingerprint density at radius 1 is 1.23 bits per heavy atom. The molecular formula is C24H25N5O. The molecule has 0 saturated carbocycles. The van der Waals surface area contributed by atoms with Crippen molar-refractivity contribution in [1.82, 2.24) is 24.8 Å². The lowest BCUT2D eigenvalue weighted by molar-refractivity contribution is -0.122. The van der Waals surface area contributed by atoms with Crippen molar-refractivity contribution in [2.24, 2.45) is 5.92 Å². The van der Waals surface area contributed by atoms with Gasteiger partial charge in [-0.3, -0.25) is 14.7 Å². The number of carbonyl (C=O) groups is 1. The quantitative estimate of drug-likeness (QED) is 0.839. The molecule has 5 rings (SSSR count). The molecule has 0 radical (unpaired) electrons. The van der Waals surface area contributed by atoms with Crippen LogP contribution < -0.4 is 5.32 Å². The predicted molar refractivity (Wildman–Crippen MR) is 117 cm³/mol. The van der Waals surface area contributed by atoms with Crippen molar-refractivity contribution < 1.29 is 4.79 Å². The maximum atomic E-state index is 13.3. The van der Waals surface area contributed by atoms with Gasteiger partial charge in [0, 0.05) is 24.5 Å². The molecule has 6 nitrogen and oxygen atoms in total. The Labute approximate surface area is 176 Å². The van der Waals surface area contributed by atoms with Crippen LogP contribution in [0, 0.1) is 12.8 Å². The van der Waals surface area contributed by atoms with E-state index in [4.69, 9.17) is 5.10 Å². The summed E-state index contributed by atoms with van der Waals surface area (Å²) < 4.78 is 1.83. The van der Waals surface area contributed by atoms with Crippen LogP contribution in [-0.4, -0.2) is 38.5 Å². The summed E-state index contributed by atoms with van der Waals surface area (Å²) in [4.78, 5) is 19.4. The van der Waals surface area contributed by atoms with Crippen LogP contribution in [0.3, 0.4) is 0 Å². The summed E-state index contributed by atoms with van der Waals surface area (Å²) in [6, 6.07) is 2.01. The molecule has 3 aliphatic rings. The smallest absolute Gasteiger partial charge is 0.255 e. The fourth-order valence-corrected chi connectivity index (χ4v) is 4.17. The Morgan fingerprint density at radius 3 is 2.97 bits per heavy atom. The van der Waals surface area contributed by atoms with Crippen molar-refractivity contribution in [2.45, 2.75) is 26.7 Å². The highest BCUT2D eigenvalue weighted by Gasteiger charge is 2.24. The first kappa shape index (κ1) is 18.8. The van der Waals surface area contributed by atoms with Crippen molar-refractivity contribution >= 4 is 17.0 Å². The molecule has 5 heterocycles. The number of hydrogen-bond donors (Lipinski definition) is 1. The lowest BCUT2D eigenvalue weighted by Gasteiger charge is -2.28. The van der Waals surface area contributed by atoms with Crippen LogP contribution in [0.4, 0.5) is 0 Å². The zero-order valence-corrected chi connectivity index (χ0v) is 17.3. The summed E-state index contributed by atoms with van der Waals surface area (Å²) in [6.45, 7) is 5.94. The summed E-state index contributed by atoms with van der Waals surface area (Å²) in [7, 11) is 0. The molecule has 3 aliphatic heterocycles. The molecule has 0 spiro atoms. The second-order valence-corrected chi connectivity index (χ2v) is 8.10. The highest BCUT2D eigenvalue weighted by molar-refractivity contribution is 5.98. The lowest BCUT2D eigenvalue weighted by Crippen LogP contribution is -2.28. The van der Waals surface area contributed by atoms with E-state index in [1.807, 2.05) is 36.1 Å². The van der Waals surface area contributed by atoms with E-state index in [9.17, 15) is 4.79 Å². The number of amides is 1. The van der Waals surface area contributed by atoms with E-state index in [0.29, 0.717) is 0 Å². The third-order valence-corrected chi connectivity index (χ3v) is 5.91. The number of carbonyl (C=O) groups excluding carboxylic acids is 1. The van der Waals surface area contributed by atoms with Crippen molar-refractivity contribution in [3.63, 3.8) is 0 Å². The maximum Gasteiger partial charge on any atom is 0.255 e. The molecule has 1 unspecified atom stereocenters. The van der Waals surface area contributed by atoms with Crippen LogP contribution in [0.25, 0.3) is 11.1 Å². The maximum absolute atomic E-state index is 13.3. The topological polar surface area (TPSA) is 62.5 Å². The van der Waals surface area contributed by atoms with Gasteiger partial charge in [0.15, 0.2) is 0 Å². The minimum absolute atomic E-state index is 0.0365. The van der Waals surface area contributed by atoms with Gasteiger partial charge in [0.1, 0.15) is 0 Å². The first-order chi connectivity index (χ1) is 14.6. The minimum Gasteiger partial charge on any atom is -0.313 e. The first-order valence-corrected chi connectivity index (χ1v) is 10.5. The van der Waals surface area contributed by atoms with Gasteiger partial charge < -0.3 is 5.32 Å². The Hall–Kier alpha value is -3.25. The van der Waals surface area contributed by atoms with Crippen LogP contribution in [0.2, 0.25) is 0 Å². The fourth-order valence-electron chi connectivity index (χ4n) is 4.17. The lowest BCUT2D eigenvalue weighted by atomic mass is 9.91. The Bertz CT molecular complexity index is 1180. The molecule has 0 bridgehead atoms. The van der Waals surface area contributed by atoms with Gasteiger partial charge >= 0.3 is 0 Å². The van der Waals surface area contributed by atoms with E-state index >= 15 is 0 Å². The van der Waals surface area contributed by atoms with Crippen LogP contribution in [0.5, 0.6) is 0 Å². The second-order valence-electron chi connectivity index (χ2n) is 8.10. The summed E-state index contributed by atoms with van der Waals surface area (Å²) in [5, 5.41) is 8.06. The van der Waals surface area contributed by atoms with Crippen molar-refractivity contribution in [3.8, 4) is 0 Å². The number of nitrogens with one attached hydrogen (secondary N) is 1. The number of fused-ring (bicyclic) bond motifs is 2. The minimum atomic E-state index is -0.0365. The van der Waals surface area contributed by atoms with Gasteiger partial charge in [-0.15, -0.1) is 0 Å². The summed E-state index contributed by atoms with van der Waals surface area (Å²) in [5.41, 5.74) is 6.97. The summed E-state index contributed by atoms with van der Waals surface area (Å²) in [5.74, 6) is 0.152. The molecule has 0 aliphatic carbocycles. The highest BCUT2D eigenvalue weighted by Crippen LogP contribution is 2.32. The molecule has 1 amide bonds. The normalized spacial score (nSPS) is 22.0. The number of rotatable bonds is 2. The Morgan fingerprint density at radius 2 is 2.13 bits per heavy atom. The van der Waals surface area contributed by atoms with Crippen molar-refractivity contribution in [3.05, 3.63) is 83.3 Å². The number of nitrogens with zero attached hydrogens (tertiary/aromatic N) is 4. The molecule has 0 fully saturated rings. The Kier molecular flexibility index (Phi) is 4.71. The molecule has 2 aromatic rings. The van der Waals surface area contributed by atoms with E-state index < -0.39 is 0 Å². The largest absolute Gasteiger partial charge is 0.313 e. The zero-order chi connectivity index (χ0) is 20.7. The van der Waals surface area contributed by atoms with Gasteiger partial charge in [-0.05, 0) is 61.1 Å². The van der Waals surface area contributed by atoms with Gasteiger partial charge in [-0.1, -0.05) is 25.2 Å². The molecular weight excluding hydrogens is 374 g/mol. The molecule has 2 aromatic heterocycles. The first-order valence-electron chi connectivity index (χ1n) is 10.5.